The molecule has 0 aliphatic rings. The lowest BCUT2D eigenvalue weighted by atomic mass is 10.3. The van der Waals surface area contributed by atoms with Gasteiger partial charge in [0.15, 0.2) is 0 Å². The standard InChI is InChI=1S/C23H20ClN7O4/c1-2-30-22(33)29-21(31(23(30)34)13-16-7-6-14(24)12-26-16)27-15-8-10-17(11-9-15)35-19-5-3-4-18(28-19)20(25)32/h3-12H,2,13H2,1H3,(H2,25,32)(H,27,29,33). The maximum atomic E-state index is 13.0. The Hall–Kier alpha value is -4.51. The second-order valence-electron chi connectivity index (χ2n) is 7.27. The van der Waals surface area contributed by atoms with Gasteiger partial charge in [-0.2, -0.15) is 0 Å². The van der Waals surface area contributed by atoms with Crippen molar-refractivity contribution in [2.45, 2.75) is 20.0 Å². The number of halogens is 1. The second kappa shape index (κ2) is 10.2. The summed E-state index contributed by atoms with van der Waals surface area (Å²) >= 11 is 5.90. The van der Waals surface area contributed by atoms with Crippen molar-refractivity contribution in [3.63, 3.8) is 0 Å². The summed E-state index contributed by atoms with van der Waals surface area (Å²) in [6, 6.07) is 14.6. The first-order valence-corrected chi connectivity index (χ1v) is 10.9. The number of pyridine rings is 2. The van der Waals surface area contributed by atoms with Crippen LogP contribution in [0.3, 0.4) is 0 Å². The number of nitrogens with zero attached hydrogens (tertiary/aromatic N) is 5. The number of amides is 1. The number of nitrogens with one attached hydrogen (secondary N) is 1. The van der Waals surface area contributed by atoms with Crippen LogP contribution in [0.1, 0.15) is 23.1 Å². The zero-order valence-electron chi connectivity index (χ0n) is 18.5. The van der Waals surface area contributed by atoms with Crippen LogP contribution in [0, 0.1) is 0 Å². The molecule has 0 aliphatic heterocycles. The molecule has 0 radical (unpaired) electrons. The van der Waals surface area contributed by atoms with Gasteiger partial charge in [-0.1, -0.05) is 17.7 Å². The molecule has 0 saturated heterocycles. The van der Waals surface area contributed by atoms with Crippen molar-refractivity contribution >= 4 is 23.2 Å². The lowest BCUT2D eigenvalue weighted by Crippen LogP contribution is -2.49. The Morgan fingerprint density at radius 2 is 1.89 bits per heavy atom. The second-order valence-corrected chi connectivity index (χ2v) is 7.70. The number of ether oxygens (including phenoxy) is 1. The largest absolute Gasteiger partial charge is 0.439 e. The monoisotopic (exact) mass is 493 g/mol. The van der Waals surface area contributed by atoms with Crippen LogP contribution in [0.25, 0.3) is 0 Å². The van der Waals surface area contributed by atoms with Crippen molar-refractivity contribution in [1.29, 1.82) is 0 Å². The van der Waals surface area contributed by atoms with E-state index in [2.05, 4.69) is 19.9 Å². The number of carbonyl (C=O) groups excluding carboxylic acids is 1. The average molecular weight is 494 g/mol. The van der Waals surface area contributed by atoms with Crippen LogP contribution >= 0.6 is 11.6 Å². The van der Waals surface area contributed by atoms with Gasteiger partial charge in [-0.15, -0.1) is 0 Å². The predicted molar refractivity (Wildman–Crippen MR) is 128 cm³/mol. The van der Waals surface area contributed by atoms with E-state index in [1.807, 2.05) is 0 Å². The molecule has 0 saturated carbocycles. The Labute approximate surface area is 203 Å². The summed E-state index contributed by atoms with van der Waals surface area (Å²) in [7, 11) is 0. The van der Waals surface area contributed by atoms with Gasteiger partial charge in [0.2, 0.25) is 11.5 Å². The van der Waals surface area contributed by atoms with Crippen molar-refractivity contribution < 1.29 is 9.53 Å². The number of aromatic nitrogens is 5. The molecule has 1 amide bonds. The number of benzene rings is 1. The van der Waals surface area contributed by atoms with E-state index in [0.717, 1.165) is 4.57 Å². The quantitative estimate of drug-likeness (QED) is 0.401. The first-order valence-electron chi connectivity index (χ1n) is 10.5. The van der Waals surface area contributed by atoms with E-state index >= 15 is 0 Å². The fourth-order valence-electron chi connectivity index (χ4n) is 3.17. The van der Waals surface area contributed by atoms with E-state index in [-0.39, 0.29) is 30.3 Å². The molecule has 11 nitrogen and oxygen atoms in total. The third kappa shape index (κ3) is 5.53. The van der Waals surface area contributed by atoms with Gasteiger partial charge in [-0.3, -0.25) is 19.3 Å². The molecule has 0 atom stereocenters. The first-order chi connectivity index (χ1) is 16.8. The molecule has 3 aromatic heterocycles. The molecule has 3 heterocycles. The van der Waals surface area contributed by atoms with E-state index < -0.39 is 17.3 Å². The van der Waals surface area contributed by atoms with E-state index in [9.17, 15) is 14.4 Å². The molecule has 178 valence electrons. The number of nitrogens with two attached hydrogens (primary N) is 1. The SMILES string of the molecule is CCn1c(=O)[nH]/c(=N\c2ccc(Oc3cccc(C(N)=O)n3)cc2)n(Cc2ccc(Cl)cn2)c1=O. The molecule has 4 aromatic rings. The van der Waals surface area contributed by atoms with E-state index in [1.165, 1.54) is 16.8 Å². The molecule has 0 spiro atoms. The van der Waals surface area contributed by atoms with Gasteiger partial charge in [0.25, 0.3) is 5.91 Å². The Balaban J connectivity index is 1.68. The third-order valence-corrected chi connectivity index (χ3v) is 5.10. The van der Waals surface area contributed by atoms with Crippen LogP contribution in [0.5, 0.6) is 11.6 Å². The average Bonchev–Trinajstić information content (AvgIpc) is 2.84. The van der Waals surface area contributed by atoms with Gasteiger partial charge in [0.1, 0.15) is 11.4 Å². The highest BCUT2D eigenvalue weighted by molar-refractivity contribution is 6.30. The summed E-state index contributed by atoms with van der Waals surface area (Å²) in [5, 5.41) is 0.468. The molecule has 0 unspecified atom stereocenters. The number of H-pyrrole nitrogens is 1. The molecule has 0 bridgehead atoms. The molecule has 12 heteroatoms. The highest BCUT2D eigenvalue weighted by Gasteiger charge is 2.10. The number of carbonyl (C=O) groups is 1. The Morgan fingerprint density at radius 1 is 1.11 bits per heavy atom. The Bertz CT molecular complexity index is 1560. The first kappa shape index (κ1) is 23.6. The highest BCUT2D eigenvalue weighted by atomic mass is 35.5. The molecule has 4 rings (SSSR count). The molecule has 35 heavy (non-hydrogen) atoms. The number of rotatable bonds is 7. The maximum absolute atomic E-state index is 13.0. The summed E-state index contributed by atoms with van der Waals surface area (Å²) in [6.45, 7) is 1.97. The maximum Gasteiger partial charge on any atom is 0.335 e. The van der Waals surface area contributed by atoms with Crippen molar-refractivity contribution in [3.8, 4) is 11.6 Å². The van der Waals surface area contributed by atoms with Crippen LogP contribution in [0.2, 0.25) is 5.02 Å². The predicted octanol–water partition coefficient (Wildman–Crippen LogP) is 1.97. The zero-order valence-corrected chi connectivity index (χ0v) is 19.3. The Morgan fingerprint density at radius 3 is 2.54 bits per heavy atom. The summed E-state index contributed by atoms with van der Waals surface area (Å²) in [4.78, 5) is 52.0. The molecule has 0 aliphatic carbocycles. The van der Waals surface area contributed by atoms with Crippen molar-refractivity contribution in [2.75, 3.05) is 0 Å². The summed E-state index contributed by atoms with van der Waals surface area (Å²) < 4.78 is 8.05. The number of primary amides is 1. The normalized spacial score (nSPS) is 11.4. The van der Waals surface area contributed by atoms with Gasteiger partial charge in [-0.05, 0) is 49.4 Å². The minimum Gasteiger partial charge on any atom is -0.439 e. The van der Waals surface area contributed by atoms with Gasteiger partial charge in [0, 0.05) is 18.8 Å². The number of aromatic amines is 1. The van der Waals surface area contributed by atoms with Crippen molar-refractivity contribution in [2.24, 2.45) is 10.7 Å². The van der Waals surface area contributed by atoms with Crippen molar-refractivity contribution in [1.82, 2.24) is 24.1 Å². The number of hydrogen-bond donors (Lipinski definition) is 2. The Kier molecular flexibility index (Phi) is 6.88. The van der Waals surface area contributed by atoms with Crippen molar-refractivity contribution in [3.05, 3.63) is 104 Å². The van der Waals surface area contributed by atoms with Crippen LogP contribution in [-0.2, 0) is 13.1 Å². The minimum absolute atomic E-state index is 0.0611. The molecular weight excluding hydrogens is 474 g/mol. The summed E-state index contributed by atoms with van der Waals surface area (Å²) in [5.74, 6) is -0.0244. The van der Waals surface area contributed by atoms with E-state index in [0.29, 0.717) is 22.2 Å². The van der Waals surface area contributed by atoms with Crippen LogP contribution < -0.4 is 27.5 Å². The summed E-state index contributed by atoms with van der Waals surface area (Å²) in [6.07, 6.45) is 1.48. The van der Waals surface area contributed by atoms with E-state index in [4.69, 9.17) is 22.1 Å². The molecule has 3 N–H and O–H groups in total. The lowest BCUT2D eigenvalue weighted by Gasteiger charge is -2.10. The van der Waals surface area contributed by atoms with E-state index in [1.54, 1.807) is 55.5 Å². The smallest absolute Gasteiger partial charge is 0.335 e. The zero-order chi connectivity index (χ0) is 24.9. The fourth-order valence-corrected chi connectivity index (χ4v) is 3.28. The minimum atomic E-state index is -0.661. The van der Waals surface area contributed by atoms with Gasteiger partial charge < -0.3 is 10.5 Å². The third-order valence-electron chi connectivity index (χ3n) is 4.88. The fraction of sp³-hybridized carbons (Fsp3) is 0.130. The summed E-state index contributed by atoms with van der Waals surface area (Å²) in [5.41, 5.74) is 5.32. The van der Waals surface area contributed by atoms with Gasteiger partial charge in [0.05, 0.1) is 22.9 Å². The van der Waals surface area contributed by atoms with Crippen LogP contribution in [0.15, 0.2) is 75.4 Å². The van der Waals surface area contributed by atoms with Crippen LogP contribution in [-0.4, -0.2) is 30.0 Å². The molecular formula is C23H20ClN7O4. The lowest BCUT2D eigenvalue weighted by molar-refractivity contribution is 0.0995. The number of hydrogen-bond acceptors (Lipinski definition) is 7. The molecule has 0 fully saturated rings. The van der Waals surface area contributed by atoms with Crippen LogP contribution in [0.4, 0.5) is 5.69 Å². The highest BCUT2D eigenvalue weighted by Crippen LogP contribution is 2.22. The molecule has 1 aromatic carbocycles. The topological polar surface area (TPSA) is 150 Å². The van der Waals surface area contributed by atoms with Gasteiger partial charge >= 0.3 is 11.4 Å². The van der Waals surface area contributed by atoms with Gasteiger partial charge in [-0.25, -0.2) is 24.1 Å².